The molecule has 0 aromatic heterocycles. The second-order valence-electron chi connectivity index (χ2n) is 6.19. The van der Waals surface area contributed by atoms with E-state index in [1.54, 1.807) is 24.3 Å². The van der Waals surface area contributed by atoms with E-state index in [9.17, 15) is 4.79 Å². The van der Waals surface area contributed by atoms with Crippen molar-refractivity contribution in [2.24, 2.45) is 0 Å². The molecule has 1 aliphatic rings. The number of para-hydroxylation sites is 1. The van der Waals surface area contributed by atoms with E-state index < -0.39 is 0 Å². The molecule has 1 fully saturated rings. The monoisotopic (exact) mass is 336 g/mol. The SMILES string of the molecule is N#Cc1ccccc1OCC(=O)N1CC[NH+](Cc2ccccc2)CC1. The van der Waals surface area contributed by atoms with Gasteiger partial charge in [-0.1, -0.05) is 42.5 Å². The van der Waals surface area contributed by atoms with E-state index in [1.165, 1.54) is 10.5 Å². The molecule has 0 atom stereocenters. The number of benzene rings is 2. The second-order valence-corrected chi connectivity index (χ2v) is 6.19. The third kappa shape index (κ3) is 4.59. The maximum absolute atomic E-state index is 12.3. The fraction of sp³-hybridized carbons (Fsp3) is 0.300. The van der Waals surface area contributed by atoms with E-state index in [-0.39, 0.29) is 12.5 Å². The highest BCUT2D eigenvalue weighted by molar-refractivity contribution is 5.77. The topological polar surface area (TPSA) is 57.8 Å². The number of hydrogen-bond acceptors (Lipinski definition) is 3. The number of nitriles is 1. The van der Waals surface area contributed by atoms with Crippen molar-refractivity contribution < 1.29 is 14.4 Å². The highest BCUT2D eigenvalue weighted by Crippen LogP contribution is 2.16. The van der Waals surface area contributed by atoms with Crippen LogP contribution in [0.15, 0.2) is 54.6 Å². The van der Waals surface area contributed by atoms with Gasteiger partial charge < -0.3 is 14.5 Å². The van der Waals surface area contributed by atoms with Crippen LogP contribution >= 0.6 is 0 Å². The maximum Gasteiger partial charge on any atom is 0.260 e. The lowest BCUT2D eigenvalue weighted by Crippen LogP contribution is -3.13. The fourth-order valence-electron chi connectivity index (χ4n) is 3.05. The minimum absolute atomic E-state index is 0.0211. The predicted octanol–water partition coefficient (Wildman–Crippen LogP) is 0.864. The van der Waals surface area contributed by atoms with Crippen LogP contribution in [-0.2, 0) is 11.3 Å². The highest BCUT2D eigenvalue weighted by Gasteiger charge is 2.24. The van der Waals surface area contributed by atoms with Crippen LogP contribution in [0.3, 0.4) is 0 Å². The van der Waals surface area contributed by atoms with Crippen LogP contribution in [-0.4, -0.2) is 43.6 Å². The Balaban J connectivity index is 1.46. The van der Waals surface area contributed by atoms with Gasteiger partial charge in [0.2, 0.25) is 0 Å². The van der Waals surface area contributed by atoms with E-state index >= 15 is 0 Å². The summed E-state index contributed by atoms with van der Waals surface area (Å²) < 4.78 is 5.55. The standard InChI is InChI=1S/C20H21N3O2/c21-14-18-8-4-5-9-19(18)25-16-20(24)23-12-10-22(11-13-23)15-17-6-2-1-3-7-17/h1-9H,10-13,15-16H2/p+1. The van der Waals surface area contributed by atoms with Crippen molar-refractivity contribution in [1.29, 1.82) is 5.26 Å². The number of carbonyl (C=O) groups excluding carboxylic acids is 1. The van der Waals surface area contributed by atoms with E-state index in [0.717, 1.165) is 32.7 Å². The Labute approximate surface area is 148 Å². The molecule has 2 aromatic carbocycles. The van der Waals surface area contributed by atoms with Crippen LogP contribution in [0, 0.1) is 11.3 Å². The summed E-state index contributed by atoms with van der Waals surface area (Å²) in [5.41, 5.74) is 1.78. The Morgan fingerprint density at radius 2 is 1.76 bits per heavy atom. The first-order chi connectivity index (χ1) is 12.3. The van der Waals surface area contributed by atoms with Crippen molar-refractivity contribution in [3.63, 3.8) is 0 Å². The molecule has 1 amide bonds. The first-order valence-corrected chi connectivity index (χ1v) is 8.53. The summed E-state index contributed by atoms with van der Waals surface area (Å²) in [5.74, 6) is 0.443. The van der Waals surface area contributed by atoms with Gasteiger partial charge in [0.15, 0.2) is 6.61 Å². The Bertz CT molecular complexity index is 747. The van der Waals surface area contributed by atoms with Crippen LogP contribution in [0.1, 0.15) is 11.1 Å². The number of piperazine rings is 1. The van der Waals surface area contributed by atoms with Gasteiger partial charge >= 0.3 is 0 Å². The molecule has 1 heterocycles. The van der Waals surface area contributed by atoms with Gasteiger partial charge in [-0.3, -0.25) is 4.79 Å². The van der Waals surface area contributed by atoms with Crippen molar-refractivity contribution in [3.8, 4) is 11.8 Å². The zero-order chi connectivity index (χ0) is 17.5. The average molecular weight is 336 g/mol. The second kappa shape index (κ2) is 8.32. The lowest BCUT2D eigenvalue weighted by molar-refractivity contribution is -0.917. The van der Waals surface area contributed by atoms with E-state index in [4.69, 9.17) is 10.00 Å². The number of carbonyl (C=O) groups is 1. The molecule has 25 heavy (non-hydrogen) atoms. The fourth-order valence-corrected chi connectivity index (χ4v) is 3.05. The molecule has 1 N–H and O–H groups in total. The zero-order valence-corrected chi connectivity index (χ0v) is 14.1. The molecule has 5 heteroatoms. The summed E-state index contributed by atoms with van der Waals surface area (Å²) in [4.78, 5) is 15.7. The number of ether oxygens (including phenoxy) is 1. The number of nitrogens with zero attached hydrogens (tertiary/aromatic N) is 2. The molecule has 1 aliphatic heterocycles. The van der Waals surface area contributed by atoms with E-state index in [1.807, 2.05) is 11.0 Å². The molecular weight excluding hydrogens is 314 g/mol. The van der Waals surface area contributed by atoms with Crippen molar-refractivity contribution in [2.75, 3.05) is 32.8 Å². The van der Waals surface area contributed by atoms with Crippen LogP contribution in [0.25, 0.3) is 0 Å². The average Bonchev–Trinajstić information content (AvgIpc) is 2.67. The molecule has 0 saturated carbocycles. The Kier molecular flexibility index (Phi) is 5.65. The minimum Gasteiger partial charge on any atom is -0.482 e. The molecule has 0 radical (unpaired) electrons. The van der Waals surface area contributed by atoms with E-state index in [0.29, 0.717) is 11.3 Å². The largest absolute Gasteiger partial charge is 0.482 e. The molecule has 0 aliphatic carbocycles. The van der Waals surface area contributed by atoms with Crippen molar-refractivity contribution in [1.82, 2.24) is 4.90 Å². The van der Waals surface area contributed by atoms with E-state index in [2.05, 4.69) is 30.3 Å². The number of rotatable bonds is 5. The molecule has 0 bridgehead atoms. The van der Waals surface area contributed by atoms with Gasteiger partial charge in [-0.15, -0.1) is 0 Å². The molecular formula is C20H22N3O2+. The van der Waals surface area contributed by atoms with Crippen LogP contribution in [0.4, 0.5) is 0 Å². The summed E-state index contributed by atoms with van der Waals surface area (Å²) in [5, 5.41) is 9.05. The Morgan fingerprint density at radius 1 is 1.08 bits per heavy atom. The van der Waals surface area contributed by atoms with Crippen molar-refractivity contribution >= 4 is 5.91 Å². The number of quaternary nitrogens is 1. The third-order valence-corrected chi connectivity index (χ3v) is 4.48. The Hall–Kier alpha value is -2.84. The van der Waals surface area contributed by atoms with Gasteiger partial charge in [0.05, 0.1) is 31.7 Å². The number of hydrogen-bond donors (Lipinski definition) is 1. The van der Waals surface area contributed by atoms with Gasteiger partial charge in [0, 0.05) is 5.56 Å². The summed E-state index contributed by atoms with van der Waals surface area (Å²) in [6.07, 6.45) is 0. The quantitative estimate of drug-likeness (QED) is 0.881. The first kappa shape index (κ1) is 17.0. The molecule has 3 rings (SSSR count). The summed E-state index contributed by atoms with van der Waals surface area (Å²) in [6.45, 7) is 4.33. The summed E-state index contributed by atoms with van der Waals surface area (Å²) in [7, 11) is 0. The summed E-state index contributed by atoms with van der Waals surface area (Å²) >= 11 is 0. The van der Waals surface area contributed by atoms with Crippen molar-refractivity contribution in [3.05, 3.63) is 65.7 Å². The van der Waals surface area contributed by atoms with Crippen LogP contribution < -0.4 is 9.64 Å². The molecule has 1 saturated heterocycles. The molecule has 0 spiro atoms. The minimum atomic E-state index is -0.0218. The normalized spacial score (nSPS) is 14.8. The first-order valence-electron chi connectivity index (χ1n) is 8.53. The lowest BCUT2D eigenvalue weighted by Gasteiger charge is -2.32. The maximum atomic E-state index is 12.3. The third-order valence-electron chi connectivity index (χ3n) is 4.48. The van der Waals surface area contributed by atoms with Gasteiger partial charge in [0.1, 0.15) is 18.4 Å². The van der Waals surface area contributed by atoms with Crippen molar-refractivity contribution in [2.45, 2.75) is 6.54 Å². The van der Waals surface area contributed by atoms with Gasteiger partial charge in [-0.2, -0.15) is 5.26 Å². The molecule has 0 unspecified atom stereocenters. The van der Waals surface area contributed by atoms with Crippen LogP contribution in [0.2, 0.25) is 0 Å². The van der Waals surface area contributed by atoms with Gasteiger partial charge in [-0.25, -0.2) is 0 Å². The zero-order valence-electron chi connectivity index (χ0n) is 14.1. The highest BCUT2D eigenvalue weighted by atomic mass is 16.5. The number of amides is 1. The summed E-state index contributed by atoms with van der Waals surface area (Å²) in [6, 6.07) is 19.5. The molecule has 128 valence electrons. The number of nitrogens with one attached hydrogen (secondary N) is 1. The van der Waals surface area contributed by atoms with Gasteiger partial charge in [-0.05, 0) is 12.1 Å². The molecule has 2 aromatic rings. The smallest absolute Gasteiger partial charge is 0.260 e. The van der Waals surface area contributed by atoms with Crippen LogP contribution in [0.5, 0.6) is 5.75 Å². The molecule has 5 nitrogen and oxygen atoms in total. The Morgan fingerprint density at radius 3 is 2.48 bits per heavy atom. The van der Waals surface area contributed by atoms with Gasteiger partial charge in [0.25, 0.3) is 5.91 Å². The predicted molar refractivity (Wildman–Crippen MR) is 94.1 cm³/mol. The lowest BCUT2D eigenvalue weighted by atomic mass is 10.2.